The number of carbonyl (C=O) groups is 2. The summed E-state index contributed by atoms with van der Waals surface area (Å²) in [6.07, 6.45) is 1.34. The lowest BCUT2D eigenvalue weighted by atomic mass is 9.51. The minimum absolute atomic E-state index is 0.0965. The predicted octanol–water partition coefficient (Wildman–Crippen LogP) is 3.72. The maximum absolute atomic E-state index is 14.0. The second-order valence-corrected chi connectivity index (χ2v) is 17.7. The molecule has 7 aliphatic rings. The number of ether oxygens (including phenoxy) is 6. The van der Waals surface area contributed by atoms with E-state index in [0.29, 0.717) is 24.0 Å². The molecule has 13 nitrogen and oxygen atoms in total. The molecule has 13 heteroatoms. The Hall–Kier alpha value is -3.27. The van der Waals surface area contributed by atoms with Crippen molar-refractivity contribution < 1.29 is 58.4 Å². The topological polar surface area (TPSA) is 187 Å². The van der Waals surface area contributed by atoms with Gasteiger partial charge in [0.15, 0.2) is 0 Å². The number of fused-ring (bicyclic) bond motifs is 1. The summed E-state index contributed by atoms with van der Waals surface area (Å²) in [6.45, 7) is 9.38. The van der Waals surface area contributed by atoms with Crippen LogP contribution in [0.5, 0.6) is 0 Å². The van der Waals surface area contributed by atoms with Gasteiger partial charge < -0.3 is 48.8 Å². The van der Waals surface area contributed by atoms with Crippen LogP contribution in [0.4, 0.5) is 0 Å². The first-order valence-corrected chi connectivity index (χ1v) is 20.2. The Kier molecular flexibility index (Phi) is 9.14. The lowest BCUT2D eigenvalue weighted by Gasteiger charge is -2.62. The van der Waals surface area contributed by atoms with Crippen LogP contribution in [-0.2, 0) is 28.4 Å². The van der Waals surface area contributed by atoms with Crippen molar-refractivity contribution in [3.05, 3.63) is 78.1 Å². The van der Waals surface area contributed by atoms with Crippen molar-refractivity contribution in [3.8, 4) is 0 Å². The summed E-state index contributed by atoms with van der Waals surface area (Å²) in [6, 6.07) is 11.7. The van der Waals surface area contributed by atoms with Crippen LogP contribution in [0.3, 0.4) is 0 Å². The molecular weight excluding hydrogens is 722 g/mol. The summed E-state index contributed by atoms with van der Waals surface area (Å²) in [5, 5.41) is 50.0. The summed E-state index contributed by atoms with van der Waals surface area (Å²) in [5.74, 6) is -7.03. The molecule has 9 rings (SSSR count). The molecule has 302 valence electrons. The molecule has 7 fully saturated rings. The fourth-order valence-electron chi connectivity index (χ4n) is 12.3. The third-order valence-electron chi connectivity index (χ3n) is 14.8. The summed E-state index contributed by atoms with van der Waals surface area (Å²) in [5.41, 5.74) is -5.70. The molecule has 0 radical (unpaired) electrons. The van der Waals surface area contributed by atoms with Crippen LogP contribution < -0.4 is 0 Å². The minimum atomic E-state index is -2.29. The second-order valence-electron chi connectivity index (χ2n) is 17.7. The number of aliphatic hydroxyl groups is 4. The van der Waals surface area contributed by atoms with Gasteiger partial charge >= 0.3 is 17.9 Å². The van der Waals surface area contributed by atoms with Crippen molar-refractivity contribution in [3.63, 3.8) is 0 Å². The number of esters is 2. The summed E-state index contributed by atoms with van der Waals surface area (Å²) >= 11 is 0. The molecular formula is C43H53NO12. The molecule has 5 heterocycles. The lowest BCUT2D eigenvalue weighted by Crippen LogP contribution is -2.75. The Morgan fingerprint density at radius 2 is 1.62 bits per heavy atom. The molecule has 2 spiro atoms. The first-order chi connectivity index (χ1) is 26.8. The fourth-order valence-corrected chi connectivity index (χ4v) is 12.3. The van der Waals surface area contributed by atoms with Crippen LogP contribution >= 0.6 is 0 Å². The van der Waals surface area contributed by atoms with E-state index in [1.165, 1.54) is 24.5 Å². The van der Waals surface area contributed by atoms with Gasteiger partial charge in [-0.25, -0.2) is 9.59 Å². The van der Waals surface area contributed by atoms with E-state index >= 15 is 0 Å². The van der Waals surface area contributed by atoms with Crippen molar-refractivity contribution in [1.82, 2.24) is 4.98 Å². The number of rotatable bonds is 7. The number of benzene rings is 1. The van der Waals surface area contributed by atoms with Crippen molar-refractivity contribution in [2.24, 2.45) is 35.5 Å². The smallest absolute Gasteiger partial charge is 0.338 e. The zero-order chi connectivity index (χ0) is 39.4. The van der Waals surface area contributed by atoms with Gasteiger partial charge in [0.1, 0.15) is 47.3 Å². The lowest BCUT2D eigenvalue weighted by molar-refractivity contribution is -0.459. The number of epoxide rings is 1. The van der Waals surface area contributed by atoms with Crippen LogP contribution in [-0.4, -0.2) is 109 Å². The molecule has 3 bridgehead atoms. The normalized spacial score (nSPS) is 47.3. The predicted molar refractivity (Wildman–Crippen MR) is 196 cm³/mol. The third kappa shape index (κ3) is 5.11. The maximum Gasteiger partial charge on any atom is 0.338 e. The van der Waals surface area contributed by atoms with E-state index in [-0.39, 0.29) is 24.5 Å². The van der Waals surface area contributed by atoms with Gasteiger partial charge in [0.05, 0.1) is 29.9 Å². The standard InChI is InChI=1S/C43H53NO12/c1-23(2)39-20-28(21-51-36(47)26-13-9-7-10-14-26)42-31-34(39)54-43(55-39,56-42)29(46)15-11-6-5-8-12-24(3)30-25(4)33(52-37(48)27-16-18-44-19-17-27)41(50,32(30)42)38(49)40(22-45)35(31)53-40/h7,9-10,13-14,16-19,24-25,28-35,38,45-46,49-50H,1,5-6,8,11-12,15,20-22H2,2-4H3/t24-,25+,28+,29-,30+,31-,32-,33+,34-,35+,38-,39-,40+,41-,42-,43?/m1/s1. The quantitative estimate of drug-likeness (QED) is 0.181. The fraction of sp³-hybridized carbons (Fsp3) is 0.651. The number of nitrogens with zero attached hydrogens (tertiary/aromatic N) is 1. The van der Waals surface area contributed by atoms with Crippen LogP contribution in [0.25, 0.3) is 0 Å². The zero-order valence-electron chi connectivity index (χ0n) is 32.1. The summed E-state index contributed by atoms with van der Waals surface area (Å²) in [7, 11) is 0. The van der Waals surface area contributed by atoms with Crippen LogP contribution in [0, 0.1) is 35.5 Å². The number of pyridine rings is 1. The highest BCUT2D eigenvalue weighted by molar-refractivity contribution is 5.89. The zero-order valence-corrected chi connectivity index (χ0v) is 32.1. The van der Waals surface area contributed by atoms with E-state index < -0.39 is 107 Å². The molecule has 2 aromatic rings. The molecule has 56 heavy (non-hydrogen) atoms. The largest absolute Gasteiger partial charge is 0.462 e. The Morgan fingerprint density at radius 3 is 2.32 bits per heavy atom. The minimum Gasteiger partial charge on any atom is -0.462 e. The molecule has 1 unspecified atom stereocenters. The highest BCUT2D eigenvalue weighted by Crippen LogP contribution is 2.75. The Labute approximate surface area is 326 Å². The van der Waals surface area contributed by atoms with Gasteiger partial charge in [-0.3, -0.25) is 4.98 Å². The molecule has 0 amide bonds. The van der Waals surface area contributed by atoms with Gasteiger partial charge in [0.25, 0.3) is 0 Å². The number of hydrogen-bond acceptors (Lipinski definition) is 13. The maximum atomic E-state index is 14.0. The van der Waals surface area contributed by atoms with Gasteiger partial charge in [-0.05, 0) is 67.4 Å². The molecule has 16 atom stereocenters. The second kappa shape index (κ2) is 13.4. The summed E-state index contributed by atoms with van der Waals surface area (Å²) in [4.78, 5) is 31.7. The molecule has 3 saturated carbocycles. The average Bonchev–Trinajstić information content (AvgIpc) is 3.84. The highest BCUT2D eigenvalue weighted by atomic mass is 16.9. The van der Waals surface area contributed by atoms with Crippen LogP contribution in [0.2, 0.25) is 0 Å². The third-order valence-corrected chi connectivity index (χ3v) is 14.8. The summed E-state index contributed by atoms with van der Waals surface area (Å²) < 4.78 is 40.3. The monoisotopic (exact) mass is 775 g/mol. The van der Waals surface area contributed by atoms with Gasteiger partial charge in [-0.2, -0.15) is 0 Å². The number of aromatic nitrogens is 1. The molecule has 1 aromatic carbocycles. The highest BCUT2D eigenvalue weighted by Gasteiger charge is 2.91. The van der Waals surface area contributed by atoms with Gasteiger partial charge in [0.2, 0.25) is 0 Å². The van der Waals surface area contributed by atoms with Gasteiger partial charge in [-0.1, -0.05) is 70.7 Å². The Morgan fingerprint density at radius 1 is 0.929 bits per heavy atom. The van der Waals surface area contributed by atoms with Crippen molar-refractivity contribution in [2.45, 2.75) is 125 Å². The van der Waals surface area contributed by atoms with Crippen molar-refractivity contribution in [1.29, 1.82) is 0 Å². The van der Waals surface area contributed by atoms with Gasteiger partial charge in [-0.15, -0.1) is 0 Å². The van der Waals surface area contributed by atoms with Crippen molar-refractivity contribution in [2.75, 3.05) is 13.2 Å². The van der Waals surface area contributed by atoms with Gasteiger partial charge in [0, 0.05) is 30.1 Å². The SMILES string of the molecule is C=C(C)[C@]12C[C@@H](COC(=O)c3ccccc3)[C@@]34OC5(O[C@@H]1[C@@H]3[C@@H]1O[C@]1(CO)[C@@H](O)[C@@]1(O)[C@H]4[C@H]([C@H](C)[C@@H]1OC(=O)c1ccncc1)[C@H](C)CCCCCC[C@H]5O)O2. The van der Waals surface area contributed by atoms with Crippen LogP contribution in [0.1, 0.15) is 86.4 Å². The van der Waals surface area contributed by atoms with E-state index in [0.717, 1.165) is 25.7 Å². The molecule has 4 aliphatic heterocycles. The van der Waals surface area contributed by atoms with Crippen molar-refractivity contribution >= 4 is 11.9 Å². The van der Waals surface area contributed by atoms with E-state index in [4.69, 9.17) is 28.4 Å². The first-order valence-electron chi connectivity index (χ1n) is 20.2. The van der Waals surface area contributed by atoms with E-state index in [1.54, 1.807) is 24.3 Å². The molecule has 1 aromatic heterocycles. The van der Waals surface area contributed by atoms with E-state index in [9.17, 15) is 30.0 Å². The Balaban J connectivity index is 1.28. The number of carbonyl (C=O) groups excluding carboxylic acids is 2. The number of hydrogen-bond donors (Lipinski definition) is 4. The molecule has 4 N–H and O–H groups in total. The van der Waals surface area contributed by atoms with Crippen LogP contribution in [0.15, 0.2) is 67.0 Å². The average molecular weight is 776 g/mol. The molecule has 4 saturated heterocycles. The molecule has 3 aliphatic carbocycles. The Bertz CT molecular complexity index is 1860. The number of aliphatic hydroxyl groups excluding tert-OH is 3. The van der Waals surface area contributed by atoms with E-state index in [2.05, 4.69) is 18.5 Å². The first kappa shape index (κ1) is 38.3. The van der Waals surface area contributed by atoms with E-state index in [1.807, 2.05) is 19.9 Å².